The van der Waals surface area contributed by atoms with Gasteiger partial charge in [0.2, 0.25) is 0 Å². The number of aryl methyl sites for hydroxylation is 2. The van der Waals surface area contributed by atoms with E-state index in [-0.39, 0.29) is 5.60 Å². The summed E-state index contributed by atoms with van der Waals surface area (Å²) >= 11 is 0. The Labute approximate surface area is 97.0 Å². The maximum Gasteiger partial charge on any atom is 0.0779 e. The molecule has 0 radical (unpaired) electrons. The van der Waals surface area contributed by atoms with E-state index < -0.39 is 0 Å². The van der Waals surface area contributed by atoms with Crippen molar-refractivity contribution < 1.29 is 4.74 Å². The molecule has 1 N–H and O–H groups in total. The summed E-state index contributed by atoms with van der Waals surface area (Å²) in [6.07, 6.45) is 2.34. The maximum atomic E-state index is 5.73. The Kier molecular flexibility index (Phi) is 3.30. The second-order valence-electron chi connectivity index (χ2n) is 4.91. The van der Waals surface area contributed by atoms with Crippen molar-refractivity contribution in [1.82, 2.24) is 15.1 Å². The van der Waals surface area contributed by atoms with Gasteiger partial charge in [0, 0.05) is 26.7 Å². The molecule has 1 aliphatic heterocycles. The third-order valence-electron chi connectivity index (χ3n) is 3.20. The minimum absolute atomic E-state index is 0.0354. The minimum Gasteiger partial charge on any atom is -0.374 e. The quantitative estimate of drug-likeness (QED) is 0.838. The van der Waals surface area contributed by atoms with Crippen LogP contribution in [0.4, 0.5) is 0 Å². The van der Waals surface area contributed by atoms with E-state index in [4.69, 9.17) is 4.74 Å². The highest BCUT2D eigenvalue weighted by atomic mass is 16.5. The van der Waals surface area contributed by atoms with E-state index in [1.165, 1.54) is 12.1 Å². The van der Waals surface area contributed by atoms with Crippen molar-refractivity contribution >= 4 is 0 Å². The van der Waals surface area contributed by atoms with Crippen molar-refractivity contribution in [2.24, 2.45) is 7.05 Å². The van der Waals surface area contributed by atoms with Crippen LogP contribution < -0.4 is 5.32 Å². The second-order valence-corrected chi connectivity index (χ2v) is 4.91. The predicted octanol–water partition coefficient (Wildman–Crippen LogP) is 1.39. The first-order valence-electron chi connectivity index (χ1n) is 5.93. The van der Waals surface area contributed by atoms with Crippen LogP contribution in [0.1, 0.15) is 31.2 Å². The standard InChI is InChI=1S/C12H21N3O/c1-10-7-11(15(3)14-10)8-13-9-12(2)5-4-6-16-12/h7,13H,4-6,8-9H2,1-3H3. The number of hydrogen-bond donors (Lipinski definition) is 1. The fourth-order valence-corrected chi connectivity index (χ4v) is 2.26. The van der Waals surface area contributed by atoms with Crippen LogP contribution in [0.25, 0.3) is 0 Å². The van der Waals surface area contributed by atoms with E-state index in [2.05, 4.69) is 23.4 Å². The van der Waals surface area contributed by atoms with Crippen LogP contribution >= 0.6 is 0 Å². The van der Waals surface area contributed by atoms with Gasteiger partial charge in [0.15, 0.2) is 0 Å². The Morgan fingerprint density at radius 2 is 2.44 bits per heavy atom. The van der Waals surface area contributed by atoms with Crippen LogP contribution in [0.2, 0.25) is 0 Å². The molecule has 0 aliphatic carbocycles. The second kappa shape index (κ2) is 4.55. The lowest BCUT2D eigenvalue weighted by atomic mass is 10.0. The Bertz CT molecular complexity index is 353. The first-order valence-corrected chi connectivity index (χ1v) is 5.93. The minimum atomic E-state index is 0.0354. The summed E-state index contributed by atoms with van der Waals surface area (Å²) in [5.74, 6) is 0. The molecule has 1 aromatic heterocycles. The number of rotatable bonds is 4. The zero-order valence-corrected chi connectivity index (χ0v) is 10.4. The lowest BCUT2D eigenvalue weighted by Crippen LogP contribution is -2.37. The molecule has 2 rings (SSSR count). The van der Waals surface area contributed by atoms with Crippen LogP contribution in [-0.2, 0) is 18.3 Å². The van der Waals surface area contributed by atoms with Gasteiger partial charge in [-0.1, -0.05) is 0 Å². The molecule has 1 aromatic rings. The largest absolute Gasteiger partial charge is 0.374 e. The summed E-state index contributed by atoms with van der Waals surface area (Å²) in [4.78, 5) is 0. The van der Waals surface area contributed by atoms with Crippen LogP contribution in [0.15, 0.2) is 6.07 Å². The molecule has 1 unspecified atom stereocenters. The third kappa shape index (κ3) is 2.62. The highest BCUT2D eigenvalue weighted by molar-refractivity contribution is 5.08. The molecular formula is C12H21N3O. The SMILES string of the molecule is Cc1cc(CNCC2(C)CCCO2)n(C)n1. The Hall–Kier alpha value is -0.870. The lowest BCUT2D eigenvalue weighted by molar-refractivity contribution is 0.0205. The van der Waals surface area contributed by atoms with E-state index in [0.29, 0.717) is 0 Å². The van der Waals surface area contributed by atoms with Crippen LogP contribution in [0.3, 0.4) is 0 Å². The van der Waals surface area contributed by atoms with Crippen LogP contribution in [0, 0.1) is 6.92 Å². The fraction of sp³-hybridized carbons (Fsp3) is 0.750. The molecule has 1 atom stereocenters. The van der Waals surface area contributed by atoms with Crippen molar-refractivity contribution in [3.63, 3.8) is 0 Å². The van der Waals surface area contributed by atoms with E-state index in [1.807, 2.05) is 18.7 Å². The van der Waals surface area contributed by atoms with E-state index >= 15 is 0 Å². The summed E-state index contributed by atoms with van der Waals surface area (Å²) in [6.45, 7) is 6.88. The monoisotopic (exact) mass is 223 g/mol. The zero-order valence-electron chi connectivity index (χ0n) is 10.4. The van der Waals surface area contributed by atoms with Gasteiger partial charge in [0.25, 0.3) is 0 Å². The van der Waals surface area contributed by atoms with E-state index in [0.717, 1.165) is 31.8 Å². The van der Waals surface area contributed by atoms with Gasteiger partial charge in [0.1, 0.15) is 0 Å². The first kappa shape index (κ1) is 11.6. The van der Waals surface area contributed by atoms with Crippen molar-refractivity contribution in [3.05, 3.63) is 17.5 Å². The highest BCUT2D eigenvalue weighted by Crippen LogP contribution is 2.23. The molecule has 0 amide bonds. The zero-order chi connectivity index (χ0) is 11.6. The fourth-order valence-electron chi connectivity index (χ4n) is 2.26. The van der Waals surface area contributed by atoms with Gasteiger partial charge in [-0.3, -0.25) is 4.68 Å². The average Bonchev–Trinajstić information content (AvgIpc) is 2.75. The molecule has 1 aliphatic rings. The van der Waals surface area contributed by atoms with E-state index in [1.54, 1.807) is 0 Å². The van der Waals surface area contributed by atoms with Crippen molar-refractivity contribution in [1.29, 1.82) is 0 Å². The van der Waals surface area contributed by atoms with Crippen LogP contribution in [-0.4, -0.2) is 28.5 Å². The summed E-state index contributed by atoms with van der Waals surface area (Å²) in [7, 11) is 1.98. The molecule has 1 fully saturated rings. The van der Waals surface area contributed by atoms with E-state index in [9.17, 15) is 0 Å². The average molecular weight is 223 g/mol. The summed E-state index contributed by atoms with van der Waals surface area (Å²) in [6, 6.07) is 2.12. The normalized spacial score (nSPS) is 25.2. The first-order chi connectivity index (χ1) is 7.59. The summed E-state index contributed by atoms with van der Waals surface area (Å²) < 4.78 is 7.66. The molecule has 1 saturated heterocycles. The Morgan fingerprint density at radius 1 is 1.62 bits per heavy atom. The van der Waals surface area contributed by atoms with Gasteiger partial charge in [-0.15, -0.1) is 0 Å². The molecular weight excluding hydrogens is 202 g/mol. The van der Waals surface area contributed by atoms with Gasteiger partial charge in [-0.2, -0.15) is 5.10 Å². The topological polar surface area (TPSA) is 39.1 Å². The van der Waals surface area contributed by atoms with Gasteiger partial charge in [-0.05, 0) is 32.8 Å². The number of nitrogens with zero attached hydrogens (tertiary/aromatic N) is 2. The number of nitrogens with one attached hydrogen (secondary N) is 1. The maximum absolute atomic E-state index is 5.73. The van der Waals surface area contributed by atoms with Gasteiger partial charge in [-0.25, -0.2) is 0 Å². The van der Waals surface area contributed by atoms with Gasteiger partial charge < -0.3 is 10.1 Å². The molecule has 0 bridgehead atoms. The molecule has 4 heteroatoms. The molecule has 2 heterocycles. The summed E-state index contributed by atoms with van der Waals surface area (Å²) in [5.41, 5.74) is 2.33. The van der Waals surface area contributed by atoms with Crippen molar-refractivity contribution in [2.45, 2.75) is 38.8 Å². The lowest BCUT2D eigenvalue weighted by Gasteiger charge is -2.23. The molecule has 0 saturated carbocycles. The van der Waals surface area contributed by atoms with Crippen molar-refractivity contribution in [3.8, 4) is 0 Å². The number of hydrogen-bond acceptors (Lipinski definition) is 3. The Morgan fingerprint density at radius 3 is 3.00 bits per heavy atom. The molecule has 0 spiro atoms. The third-order valence-corrected chi connectivity index (χ3v) is 3.20. The van der Waals surface area contributed by atoms with Crippen molar-refractivity contribution in [2.75, 3.05) is 13.2 Å². The molecule has 16 heavy (non-hydrogen) atoms. The number of aromatic nitrogens is 2. The van der Waals surface area contributed by atoms with Crippen LogP contribution in [0.5, 0.6) is 0 Å². The molecule has 4 nitrogen and oxygen atoms in total. The molecule has 90 valence electrons. The number of ether oxygens (including phenoxy) is 1. The Balaban J connectivity index is 1.81. The highest BCUT2D eigenvalue weighted by Gasteiger charge is 2.28. The summed E-state index contributed by atoms with van der Waals surface area (Å²) in [5, 5.41) is 7.78. The van der Waals surface area contributed by atoms with Gasteiger partial charge in [0.05, 0.1) is 17.0 Å². The smallest absolute Gasteiger partial charge is 0.0779 e. The molecule has 0 aromatic carbocycles. The predicted molar refractivity (Wildman–Crippen MR) is 63.2 cm³/mol. The van der Waals surface area contributed by atoms with Gasteiger partial charge >= 0.3 is 0 Å².